The first kappa shape index (κ1) is 17.1. The topological polar surface area (TPSA) is 69.0 Å². The van der Waals surface area contributed by atoms with Crippen LogP contribution >= 0.6 is 0 Å². The molecule has 0 bridgehead atoms. The lowest BCUT2D eigenvalue weighted by molar-refractivity contribution is 0.0950. The number of nitrogens with one attached hydrogen (secondary N) is 1. The second-order valence-corrected chi connectivity index (χ2v) is 6.42. The van der Waals surface area contributed by atoms with Crippen molar-refractivity contribution in [3.8, 4) is 17.3 Å². The van der Waals surface area contributed by atoms with Crippen molar-refractivity contribution in [1.29, 1.82) is 5.26 Å². The Balaban J connectivity index is 1.64. The highest BCUT2D eigenvalue weighted by molar-refractivity contribution is 5.95. The lowest BCUT2D eigenvalue weighted by atomic mass is 10.1. The van der Waals surface area contributed by atoms with E-state index in [1.165, 1.54) is 12.8 Å². The number of likely N-dealkylation sites (tertiary alicyclic amines) is 1. The molecule has 2 heterocycles. The number of pyridine rings is 1. The number of amides is 1. The molecule has 1 N–H and O–H groups in total. The van der Waals surface area contributed by atoms with Crippen LogP contribution in [0.3, 0.4) is 0 Å². The lowest BCUT2D eigenvalue weighted by Gasteiger charge is -2.19. The molecule has 25 heavy (non-hydrogen) atoms. The number of hydrogen-bond donors (Lipinski definition) is 1. The van der Waals surface area contributed by atoms with Gasteiger partial charge >= 0.3 is 0 Å². The van der Waals surface area contributed by atoms with Crippen LogP contribution in [0.15, 0.2) is 42.5 Å². The summed E-state index contributed by atoms with van der Waals surface area (Å²) in [4.78, 5) is 19.1. The molecule has 1 atom stereocenters. The summed E-state index contributed by atoms with van der Waals surface area (Å²) in [5, 5.41) is 12.0. The molecule has 2 aromatic rings. The maximum Gasteiger partial charge on any atom is 0.251 e. The van der Waals surface area contributed by atoms with Gasteiger partial charge in [0.1, 0.15) is 11.8 Å². The number of carbonyl (C=O) groups is 1. The van der Waals surface area contributed by atoms with E-state index in [1.807, 2.05) is 30.3 Å². The van der Waals surface area contributed by atoms with Crippen molar-refractivity contribution in [1.82, 2.24) is 15.2 Å². The van der Waals surface area contributed by atoms with Crippen LogP contribution in [-0.4, -0.2) is 42.0 Å². The van der Waals surface area contributed by atoms with Gasteiger partial charge in [0.15, 0.2) is 0 Å². The van der Waals surface area contributed by atoms with Crippen molar-refractivity contribution in [3.63, 3.8) is 0 Å². The van der Waals surface area contributed by atoms with E-state index < -0.39 is 0 Å². The van der Waals surface area contributed by atoms with Crippen LogP contribution in [0.4, 0.5) is 0 Å². The molecule has 1 aromatic carbocycles. The zero-order valence-electron chi connectivity index (χ0n) is 14.4. The molecule has 0 unspecified atom stereocenters. The average molecular weight is 334 g/mol. The predicted octanol–water partition coefficient (Wildman–Crippen LogP) is 2.83. The molecule has 128 valence electrons. The number of nitrogens with zero attached hydrogens (tertiary/aromatic N) is 3. The summed E-state index contributed by atoms with van der Waals surface area (Å²) in [6, 6.07) is 15.3. The normalized spacial score (nSPS) is 17.2. The fourth-order valence-corrected chi connectivity index (χ4v) is 3.28. The van der Waals surface area contributed by atoms with Crippen LogP contribution in [0, 0.1) is 11.3 Å². The number of carbonyl (C=O) groups excluding carboxylic acids is 1. The predicted molar refractivity (Wildman–Crippen MR) is 97.0 cm³/mol. The van der Waals surface area contributed by atoms with Gasteiger partial charge in [0.2, 0.25) is 0 Å². The van der Waals surface area contributed by atoms with Gasteiger partial charge in [0.25, 0.3) is 5.91 Å². The summed E-state index contributed by atoms with van der Waals surface area (Å²) in [5.74, 6) is -0.0704. The van der Waals surface area contributed by atoms with Crippen LogP contribution in [0.25, 0.3) is 11.3 Å². The standard InChI is InChI=1S/C20H22N4O/c1-24-12-4-8-18(24)10-11-22-20(25)16-6-2-5-15(13-16)19-9-3-7-17(14-21)23-19/h2-3,5-7,9,13,18H,4,8,10-12H2,1H3,(H,22,25)/t18-/m1/s1. The number of nitriles is 1. The molecule has 1 fully saturated rings. The third kappa shape index (κ3) is 4.23. The molecule has 1 aliphatic heterocycles. The fraction of sp³-hybridized carbons (Fsp3) is 0.350. The largest absolute Gasteiger partial charge is 0.352 e. The van der Waals surface area contributed by atoms with Crippen molar-refractivity contribution < 1.29 is 4.79 Å². The van der Waals surface area contributed by atoms with Crippen LogP contribution < -0.4 is 5.32 Å². The first-order valence-corrected chi connectivity index (χ1v) is 8.63. The highest BCUT2D eigenvalue weighted by Gasteiger charge is 2.20. The summed E-state index contributed by atoms with van der Waals surface area (Å²) < 4.78 is 0. The molecule has 0 spiro atoms. The molecular weight excluding hydrogens is 312 g/mol. The van der Waals surface area contributed by atoms with Crippen molar-refractivity contribution in [2.45, 2.75) is 25.3 Å². The monoisotopic (exact) mass is 334 g/mol. The smallest absolute Gasteiger partial charge is 0.251 e. The lowest BCUT2D eigenvalue weighted by Crippen LogP contribution is -2.31. The second kappa shape index (κ2) is 7.91. The Morgan fingerprint density at radius 1 is 1.36 bits per heavy atom. The average Bonchev–Trinajstić information content (AvgIpc) is 3.07. The minimum absolute atomic E-state index is 0.0704. The van der Waals surface area contributed by atoms with E-state index in [9.17, 15) is 4.79 Å². The minimum atomic E-state index is -0.0704. The van der Waals surface area contributed by atoms with Crippen LogP contribution in [0.2, 0.25) is 0 Å². The Labute approximate surface area is 148 Å². The van der Waals surface area contributed by atoms with E-state index in [2.05, 4.69) is 22.2 Å². The third-order valence-corrected chi connectivity index (χ3v) is 4.72. The fourth-order valence-electron chi connectivity index (χ4n) is 3.28. The van der Waals surface area contributed by atoms with Gasteiger partial charge in [-0.05, 0) is 57.1 Å². The van der Waals surface area contributed by atoms with Crippen molar-refractivity contribution in [2.24, 2.45) is 0 Å². The van der Waals surface area contributed by atoms with E-state index in [1.54, 1.807) is 18.2 Å². The highest BCUT2D eigenvalue weighted by atomic mass is 16.1. The molecule has 1 aromatic heterocycles. The van der Waals surface area contributed by atoms with Crippen LogP contribution in [-0.2, 0) is 0 Å². The van der Waals surface area contributed by atoms with E-state index in [0.29, 0.717) is 29.5 Å². The van der Waals surface area contributed by atoms with Gasteiger partial charge in [-0.1, -0.05) is 18.2 Å². The van der Waals surface area contributed by atoms with E-state index >= 15 is 0 Å². The first-order valence-electron chi connectivity index (χ1n) is 8.63. The summed E-state index contributed by atoms with van der Waals surface area (Å²) in [6.45, 7) is 1.83. The number of hydrogen-bond acceptors (Lipinski definition) is 4. The molecule has 3 rings (SSSR count). The van der Waals surface area contributed by atoms with Gasteiger partial charge in [-0.25, -0.2) is 4.98 Å². The van der Waals surface area contributed by atoms with Gasteiger partial charge in [-0.2, -0.15) is 5.26 Å². The summed E-state index contributed by atoms with van der Waals surface area (Å²) in [5.41, 5.74) is 2.51. The summed E-state index contributed by atoms with van der Waals surface area (Å²) >= 11 is 0. The first-order chi connectivity index (χ1) is 12.2. The Bertz CT molecular complexity index is 796. The number of aromatic nitrogens is 1. The molecule has 0 aliphatic carbocycles. The molecular formula is C20H22N4O. The third-order valence-electron chi connectivity index (χ3n) is 4.72. The Kier molecular flexibility index (Phi) is 5.42. The minimum Gasteiger partial charge on any atom is -0.352 e. The zero-order chi connectivity index (χ0) is 17.6. The van der Waals surface area contributed by atoms with E-state index in [0.717, 1.165) is 18.5 Å². The van der Waals surface area contributed by atoms with Gasteiger partial charge < -0.3 is 10.2 Å². The SMILES string of the molecule is CN1CCC[C@@H]1CCNC(=O)c1cccc(-c2cccc(C#N)n2)c1. The summed E-state index contributed by atoms with van der Waals surface area (Å²) in [6.07, 6.45) is 3.43. The molecule has 1 saturated heterocycles. The zero-order valence-corrected chi connectivity index (χ0v) is 14.4. The molecule has 1 amide bonds. The molecule has 5 nitrogen and oxygen atoms in total. The Hall–Kier alpha value is -2.71. The van der Waals surface area contributed by atoms with Crippen molar-refractivity contribution in [3.05, 3.63) is 53.7 Å². The molecule has 0 radical (unpaired) electrons. The van der Waals surface area contributed by atoms with E-state index in [4.69, 9.17) is 5.26 Å². The van der Waals surface area contributed by atoms with Gasteiger partial charge in [-0.3, -0.25) is 4.79 Å². The quantitative estimate of drug-likeness (QED) is 0.913. The molecule has 0 saturated carbocycles. The Morgan fingerprint density at radius 3 is 2.96 bits per heavy atom. The van der Waals surface area contributed by atoms with Crippen LogP contribution in [0.1, 0.15) is 35.3 Å². The highest BCUT2D eigenvalue weighted by Crippen LogP contribution is 2.19. The maximum absolute atomic E-state index is 12.4. The van der Waals surface area contributed by atoms with Crippen molar-refractivity contribution >= 4 is 5.91 Å². The maximum atomic E-state index is 12.4. The van der Waals surface area contributed by atoms with Crippen LogP contribution in [0.5, 0.6) is 0 Å². The Morgan fingerprint density at radius 2 is 2.20 bits per heavy atom. The second-order valence-electron chi connectivity index (χ2n) is 6.42. The number of rotatable bonds is 5. The van der Waals surface area contributed by atoms with E-state index in [-0.39, 0.29) is 5.91 Å². The number of benzene rings is 1. The van der Waals surface area contributed by atoms with Gasteiger partial charge in [0.05, 0.1) is 5.69 Å². The summed E-state index contributed by atoms with van der Waals surface area (Å²) in [7, 11) is 2.14. The van der Waals surface area contributed by atoms with Gasteiger partial charge in [-0.15, -0.1) is 0 Å². The van der Waals surface area contributed by atoms with Gasteiger partial charge in [0, 0.05) is 23.7 Å². The van der Waals surface area contributed by atoms with Crippen molar-refractivity contribution in [2.75, 3.05) is 20.1 Å². The molecule has 5 heteroatoms. The molecule has 1 aliphatic rings.